The zero-order chi connectivity index (χ0) is 21.9. The summed E-state index contributed by atoms with van der Waals surface area (Å²) in [5.74, 6) is 0.773. The molecule has 0 radical (unpaired) electrons. The van der Waals surface area contributed by atoms with E-state index in [1.807, 2.05) is 49.4 Å². The minimum atomic E-state index is -3.59. The molecule has 2 rings (SSSR count). The van der Waals surface area contributed by atoms with Crippen LogP contribution >= 0.6 is 22.6 Å². The monoisotopic (exact) mass is 543 g/mol. The summed E-state index contributed by atoms with van der Waals surface area (Å²) in [6, 6.07) is 16.6. The molecule has 0 fully saturated rings. The summed E-state index contributed by atoms with van der Waals surface area (Å²) in [6.45, 7) is 4.41. The lowest BCUT2D eigenvalue weighted by Crippen LogP contribution is -2.49. The van der Waals surface area contributed by atoms with Crippen LogP contribution in [0.25, 0.3) is 0 Å². The third-order valence-corrected chi connectivity index (χ3v) is 8.03. The zero-order valence-electron chi connectivity index (χ0n) is 18.1. The largest absolute Gasteiger partial charge is 0.485 e. The molecule has 0 aliphatic heterocycles. The average Bonchev–Trinajstić information content (AvgIpc) is 2.75. The first-order valence-corrected chi connectivity index (χ1v) is 13.8. The Labute approximate surface area is 196 Å². The Hall–Kier alpha value is -1.12. The highest BCUT2D eigenvalue weighted by molar-refractivity contribution is 14.1. The molecule has 0 saturated carbocycles. The number of para-hydroxylation sites is 1. The summed E-state index contributed by atoms with van der Waals surface area (Å²) >= 11 is 2.31. The van der Waals surface area contributed by atoms with Crippen molar-refractivity contribution in [2.75, 3.05) is 11.0 Å². The Balaban J connectivity index is 2.09. The molecule has 6 heteroatoms. The topological polar surface area (TPSA) is 55.4 Å². The van der Waals surface area contributed by atoms with E-state index in [9.17, 15) is 8.42 Å². The lowest BCUT2D eigenvalue weighted by Gasteiger charge is -2.33. The summed E-state index contributed by atoms with van der Waals surface area (Å²) in [7, 11) is -3.59. The molecule has 0 spiro atoms. The summed E-state index contributed by atoms with van der Waals surface area (Å²) in [5.41, 5.74) is 0.454. The number of hydrogen-bond donors (Lipinski definition) is 1. The van der Waals surface area contributed by atoms with Gasteiger partial charge in [0.25, 0.3) is 0 Å². The Morgan fingerprint density at radius 2 is 1.57 bits per heavy atom. The van der Waals surface area contributed by atoms with E-state index in [2.05, 4.69) is 34.2 Å². The molecule has 4 nitrogen and oxygen atoms in total. The molecule has 0 aliphatic rings. The van der Waals surface area contributed by atoms with Crippen LogP contribution in [0.3, 0.4) is 0 Å². The van der Waals surface area contributed by atoms with Gasteiger partial charge in [-0.15, -0.1) is 0 Å². The molecule has 0 saturated heterocycles. The maximum atomic E-state index is 12.8. The minimum Gasteiger partial charge on any atom is -0.485 e. The van der Waals surface area contributed by atoms with E-state index in [1.54, 1.807) is 12.1 Å². The van der Waals surface area contributed by atoms with Gasteiger partial charge in [0.05, 0.1) is 11.4 Å². The van der Waals surface area contributed by atoms with E-state index in [0.29, 0.717) is 4.43 Å². The van der Waals surface area contributed by atoms with E-state index >= 15 is 0 Å². The van der Waals surface area contributed by atoms with Crippen LogP contribution in [0.2, 0.25) is 0 Å². The second-order valence-electron chi connectivity index (χ2n) is 7.89. The number of halogens is 1. The highest BCUT2D eigenvalue weighted by Crippen LogP contribution is 2.27. The van der Waals surface area contributed by atoms with E-state index in [0.717, 1.165) is 30.6 Å². The van der Waals surface area contributed by atoms with Crippen molar-refractivity contribution < 1.29 is 13.2 Å². The van der Waals surface area contributed by atoms with Crippen molar-refractivity contribution in [2.24, 2.45) is 0 Å². The highest BCUT2D eigenvalue weighted by Gasteiger charge is 2.33. The lowest BCUT2D eigenvalue weighted by atomic mass is 9.97. The molecule has 0 bridgehead atoms. The van der Waals surface area contributed by atoms with Gasteiger partial charge < -0.3 is 4.74 Å². The molecule has 1 N–H and O–H groups in total. The van der Waals surface area contributed by atoms with Crippen LogP contribution in [0.4, 0.5) is 0 Å². The van der Waals surface area contributed by atoms with Gasteiger partial charge in [0.1, 0.15) is 11.4 Å². The molecule has 0 heterocycles. The molecular weight excluding hydrogens is 509 g/mol. The van der Waals surface area contributed by atoms with E-state index < -0.39 is 15.6 Å². The number of hydrogen-bond acceptors (Lipinski definition) is 3. The quantitative estimate of drug-likeness (QED) is 0.174. The fourth-order valence-electron chi connectivity index (χ4n) is 3.31. The fraction of sp³-hybridized carbons (Fsp3) is 0.500. The van der Waals surface area contributed by atoms with Gasteiger partial charge in [0.2, 0.25) is 10.0 Å². The fourth-order valence-corrected chi connectivity index (χ4v) is 5.23. The number of ether oxygens (including phenoxy) is 1. The number of rotatable bonds is 14. The summed E-state index contributed by atoms with van der Waals surface area (Å²) in [6.07, 6.45) is 7.95. The van der Waals surface area contributed by atoms with Gasteiger partial charge in [0, 0.05) is 4.43 Å². The number of nitrogens with one attached hydrogen (secondary N) is 1. The SMILES string of the molecule is CCCCCCCC[C@@](CI)(CNS(=O)(=O)c1ccc(C)cc1)Oc1ccccc1. The van der Waals surface area contributed by atoms with Gasteiger partial charge in [-0.1, -0.05) is 97.5 Å². The van der Waals surface area contributed by atoms with Crippen molar-refractivity contribution in [1.82, 2.24) is 4.72 Å². The molecular formula is C24H34INO3S. The van der Waals surface area contributed by atoms with Crippen LogP contribution < -0.4 is 9.46 Å². The van der Waals surface area contributed by atoms with Crippen LogP contribution in [0.1, 0.15) is 57.4 Å². The molecule has 0 aromatic heterocycles. The summed E-state index contributed by atoms with van der Waals surface area (Å²) < 4.78 is 35.6. The minimum absolute atomic E-state index is 0.246. The van der Waals surface area contributed by atoms with E-state index in [4.69, 9.17) is 4.74 Å². The second kappa shape index (κ2) is 12.7. The predicted octanol–water partition coefficient (Wildman–Crippen LogP) is 6.28. The third-order valence-electron chi connectivity index (χ3n) is 5.22. The smallest absolute Gasteiger partial charge is 0.240 e. The number of benzene rings is 2. The second-order valence-corrected chi connectivity index (χ2v) is 10.4. The summed E-state index contributed by atoms with van der Waals surface area (Å²) in [5, 5.41) is 0. The van der Waals surface area contributed by atoms with Crippen LogP contribution in [-0.4, -0.2) is 25.0 Å². The first-order chi connectivity index (χ1) is 14.4. The normalized spacial score (nSPS) is 13.7. The molecule has 1 atom stereocenters. The van der Waals surface area contributed by atoms with Crippen molar-refractivity contribution in [3.05, 3.63) is 60.2 Å². The maximum Gasteiger partial charge on any atom is 0.240 e. The number of alkyl halides is 1. The first-order valence-electron chi connectivity index (χ1n) is 10.8. The van der Waals surface area contributed by atoms with Crippen molar-refractivity contribution in [3.63, 3.8) is 0 Å². The van der Waals surface area contributed by atoms with Gasteiger partial charge in [-0.05, 0) is 44.0 Å². The van der Waals surface area contributed by atoms with E-state index in [-0.39, 0.29) is 11.4 Å². The van der Waals surface area contributed by atoms with Crippen molar-refractivity contribution >= 4 is 32.6 Å². The standard InChI is InChI=1S/C24H34INO3S/c1-3-4-5-6-7-11-18-24(19-25,29-22-12-9-8-10-13-22)20-26-30(27,28)23-16-14-21(2)15-17-23/h8-10,12-17,26H,3-7,11,18-20H2,1-2H3/t24-/m1/s1. The molecule has 0 aliphatic carbocycles. The number of unbranched alkanes of at least 4 members (excludes halogenated alkanes) is 5. The van der Waals surface area contributed by atoms with Crippen LogP contribution in [0.5, 0.6) is 5.75 Å². The van der Waals surface area contributed by atoms with Gasteiger partial charge >= 0.3 is 0 Å². The predicted molar refractivity (Wildman–Crippen MR) is 133 cm³/mol. The molecule has 2 aromatic carbocycles. The van der Waals surface area contributed by atoms with Crippen molar-refractivity contribution in [3.8, 4) is 5.75 Å². The van der Waals surface area contributed by atoms with Crippen molar-refractivity contribution in [1.29, 1.82) is 0 Å². The highest BCUT2D eigenvalue weighted by atomic mass is 127. The Morgan fingerprint density at radius 3 is 2.20 bits per heavy atom. The average molecular weight is 544 g/mol. The Bertz CT molecular complexity index is 841. The van der Waals surface area contributed by atoms with Crippen LogP contribution in [0.15, 0.2) is 59.5 Å². The number of aryl methyl sites for hydroxylation is 1. The van der Waals surface area contributed by atoms with Crippen molar-refractivity contribution in [2.45, 2.75) is 69.3 Å². The Kier molecular flexibility index (Phi) is 10.6. The van der Waals surface area contributed by atoms with Gasteiger partial charge in [-0.3, -0.25) is 0 Å². The maximum absolute atomic E-state index is 12.8. The third kappa shape index (κ3) is 8.19. The van der Waals surface area contributed by atoms with E-state index in [1.165, 1.54) is 25.7 Å². The van der Waals surface area contributed by atoms with Crippen LogP contribution in [-0.2, 0) is 10.0 Å². The molecule has 0 unspecified atom stereocenters. The van der Waals surface area contributed by atoms with Gasteiger partial charge in [-0.25, -0.2) is 13.1 Å². The first kappa shape index (κ1) is 25.1. The Morgan fingerprint density at radius 1 is 0.933 bits per heavy atom. The summed E-state index contributed by atoms with van der Waals surface area (Å²) in [4.78, 5) is 0.287. The van der Waals surface area contributed by atoms with Crippen LogP contribution in [0, 0.1) is 6.92 Å². The lowest BCUT2D eigenvalue weighted by molar-refractivity contribution is 0.0887. The number of sulfonamides is 1. The zero-order valence-corrected chi connectivity index (χ0v) is 21.0. The molecule has 0 amide bonds. The molecule has 30 heavy (non-hydrogen) atoms. The molecule has 2 aromatic rings. The molecule has 166 valence electrons. The van der Waals surface area contributed by atoms with Gasteiger partial charge in [0.15, 0.2) is 0 Å². The van der Waals surface area contributed by atoms with Gasteiger partial charge in [-0.2, -0.15) is 0 Å².